The molecule has 0 aliphatic heterocycles. The molecule has 0 aliphatic rings. The molecule has 0 unspecified atom stereocenters. The van der Waals surface area contributed by atoms with Gasteiger partial charge in [-0.2, -0.15) is 0 Å². The lowest BCUT2D eigenvalue weighted by molar-refractivity contribution is -0.128. The van der Waals surface area contributed by atoms with Crippen LogP contribution in [0.3, 0.4) is 0 Å². The summed E-state index contributed by atoms with van der Waals surface area (Å²) in [6.45, 7) is 8.37. The molecule has 4 nitrogen and oxygen atoms in total. The van der Waals surface area contributed by atoms with Gasteiger partial charge < -0.3 is 14.8 Å². The Morgan fingerprint density at radius 1 is 1.04 bits per heavy atom. The van der Waals surface area contributed by atoms with E-state index in [1.165, 1.54) is 0 Å². The zero-order valence-corrected chi connectivity index (χ0v) is 15.4. The van der Waals surface area contributed by atoms with Gasteiger partial charge >= 0.3 is 0 Å². The number of amides is 1. The molecule has 134 valence electrons. The zero-order valence-electron chi connectivity index (χ0n) is 15.4. The van der Waals surface area contributed by atoms with E-state index in [9.17, 15) is 4.79 Å². The number of nitrogens with one attached hydrogen (secondary N) is 1. The van der Waals surface area contributed by atoms with E-state index in [-0.39, 0.29) is 12.0 Å². The van der Waals surface area contributed by atoms with Gasteiger partial charge in [0.15, 0.2) is 6.10 Å². The summed E-state index contributed by atoms with van der Waals surface area (Å²) in [6.07, 6.45) is 0.264. The second kappa shape index (κ2) is 9.11. The van der Waals surface area contributed by atoms with Gasteiger partial charge in [0.05, 0.1) is 6.10 Å². The number of para-hydroxylation sites is 1. The Hall–Kier alpha value is -2.49. The summed E-state index contributed by atoms with van der Waals surface area (Å²) in [6, 6.07) is 15.5. The Morgan fingerprint density at radius 2 is 1.72 bits per heavy atom. The van der Waals surface area contributed by atoms with Gasteiger partial charge in [0, 0.05) is 6.54 Å². The fourth-order valence-electron chi connectivity index (χ4n) is 2.43. The molecule has 4 heteroatoms. The van der Waals surface area contributed by atoms with Crippen LogP contribution in [0, 0.1) is 6.92 Å². The maximum Gasteiger partial charge on any atom is 0.261 e. The summed E-state index contributed by atoms with van der Waals surface area (Å²) in [5, 5.41) is 2.95. The number of hydrogen-bond donors (Lipinski definition) is 1. The highest BCUT2D eigenvalue weighted by molar-refractivity contribution is 5.81. The average Bonchev–Trinajstić information content (AvgIpc) is 2.59. The van der Waals surface area contributed by atoms with Crippen molar-refractivity contribution in [3.63, 3.8) is 0 Å². The van der Waals surface area contributed by atoms with E-state index in [0.29, 0.717) is 13.0 Å². The molecule has 2 aromatic rings. The molecule has 0 heterocycles. The molecule has 0 aromatic heterocycles. The summed E-state index contributed by atoms with van der Waals surface area (Å²) in [7, 11) is 0. The van der Waals surface area contributed by atoms with Crippen LogP contribution in [0.4, 0.5) is 0 Å². The predicted molar refractivity (Wildman–Crippen MR) is 99.9 cm³/mol. The Bertz CT molecular complexity index is 680. The van der Waals surface area contributed by atoms with E-state index in [1.807, 2.05) is 76.2 Å². The van der Waals surface area contributed by atoms with Crippen molar-refractivity contribution in [1.82, 2.24) is 5.32 Å². The first kappa shape index (κ1) is 18.8. The molecule has 1 amide bonds. The SMILES string of the molecule is CC[C@@H](Oc1ccccc1C)C(=O)NCc1ccc(OC(C)C)cc1. The van der Waals surface area contributed by atoms with E-state index < -0.39 is 6.10 Å². The molecule has 1 atom stereocenters. The van der Waals surface area contributed by atoms with Crippen molar-refractivity contribution in [3.05, 3.63) is 59.7 Å². The summed E-state index contributed by atoms with van der Waals surface area (Å²) in [5.41, 5.74) is 2.05. The van der Waals surface area contributed by atoms with Crippen molar-refractivity contribution in [2.45, 2.75) is 52.9 Å². The van der Waals surface area contributed by atoms with Crippen molar-refractivity contribution in [1.29, 1.82) is 0 Å². The largest absolute Gasteiger partial charge is 0.491 e. The summed E-state index contributed by atoms with van der Waals surface area (Å²) >= 11 is 0. The topological polar surface area (TPSA) is 47.6 Å². The molecule has 2 rings (SSSR count). The van der Waals surface area contributed by atoms with Crippen LogP contribution in [0.2, 0.25) is 0 Å². The third-order valence-corrected chi connectivity index (χ3v) is 3.79. The van der Waals surface area contributed by atoms with Crippen LogP contribution in [-0.2, 0) is 11.3 Å². The number of aryl methyl sites for hydroxylation is 1. The highest BCUT2D eigenvalue weighted by atomic mass is 16.5. The van der Waals surface area contributed by atoms with Crippen molar-refractivity contribution >= 4 is 5.91 Å². The Kier molecular flexibility index (Phi) is 6.87. The monoisotopic (exact) mass is 341 g/mol. The van der Waals surface area contributed by atoms with Gasteiger partial charge in [0.2, 0.25) is 0 Å². The first-order valence-electron chi connectivity index (χ1n) is 8.75. The fourth-order valence-corrected chi connectivity index (χ4v) is 2.43. The lowest BCUT2D eigenvalue weighted by Crippen LogP contribution is -2.37. The maximum atomic E-state index is 12.4. The standard InChI is InChI=1S/C21H27NO3/c1-5-19(25-20-9-7-6-8-16(20)4)21(23)22-14-17-10-12-18(13-11-17)24-15(2)3/h6-13,15,19H,5,14H2,1-4H3,(H,22,23)/t19-/m1/s1. The number of ether oxygens (including phenoxy) is 2. The lowest BCUT2D eigenvalue weighted by atomic mass is 10.2. The van der Waals surface area contributed by atoms with Crippen LogP contribution < -0.4 is 14.8 Å². The number of hydrogen-bond acceptors (Lipinski definition) is 3. The smallest absolute Gasteiger partial charge is 0.261 e. The minimum atomic E-state index is -0.496. The van der Waals surface area contributed by atoms with Gasteiger partial charge in [-0.25, -0.2) is 0 Å². The zero-order chi connectivity index (χ0) is 18.2. The van der Waals surface area contributed by atoms with E-state index >= 15 is 0 Å². The molecule has 1 N–H and O–H groups in total. The Morgan fingerprint density at radius 3 is 2.32 bits per heavy atom. The number of carbonyl (C=O) groups is 1. The minimum Gasteiger partial charge on any atom is -0.491 e. The van der Waals surface area contributed by atoms with Crippen molar-refractivity contribution in [2.24, 2.45) is 0 Å². The van der Waals surface area contributed by atoms with Crippen LogP contribution in [0.15, 0.2) is 48.5 Å². The summed E-state index contributed by atoms with van der Waals surface area (Å²) in [4.78, 5) is 12.4. The Balaban J connectivity index is 1.90. The molecule has 0 bridgehead atoms. The predicted octanol–water partition coefficient (Wildman–Crippen LogP) is 4.26. The average molecular weight is 341 g/mol. The highest BCUT2D eigenvalue weighted by Gasteiger charge is 2.18. The number of benzene rings is 2. The van der Waals surface area contributed by atoms with Gasteiger partial charge in [-0.1, -0.05) is 37.3 Å². The van der Waals surface area contributed by atoms with Gasteiger partial charge in [-0.15, -0.1) is 0 Å². The van der Waals surface area contributed by atoms with Gasteiger partial charge in [0.1, 0.15) is 11.5 Å². The Labute approximate surface area is 150 Å². The van der Waals surface area contributed by atoms with Crippen LogP contribution >= 0.6 is 0 Å². The first-order valence-corrected chi connectivity index (χ1v) is 8.75. The third kappa shape index (κ3) is 5.82. The normalized spacial score (nSPS) is 11.9. The second-order valence-corrected chi connectivity index (χ2v) is 6.31. The quantitative estimate of drug-likeness (QED) is 0.780. The molecule has 0 aliphatic carbocycles. The minimum absolute atomic E-state index is 0.103. The summed E-state index contributed by atoms with van der Waals surface area (Å²) in [5.74, 6) is 1.48. The number of carbonyl (C=O) groups excluding carboxylic acids is 1. The molecule has 0 radical (unpaired) electrons. The molecular formula is C21H27NO3. The molecule has 0 saturated carbocycles. The van der Waals surface area contributed by atoms with Crippen LogP contribution in [-0.4, -0.2) is 18.1 Å². The van der Waals surface area contributed by atoms with E-state index in [2.05, 4.69) is 5.32 Å². The van der Waals surface area contributed by atoms with Crippen LogP contribution in [0.1, 0.15) is 38.3 Å². The molecule has 0 saturated heterocycles. The highest BCUT2D eigenvalue weighted by Crippen LogP contribution is 2.19. The molecule has 2 aromatic carbocycles. The molecule has 0 spiro atoms. The second-order valence-electron chi connectivity index (χ2n) is 6.31. The van der Waals surface area contributed by atoms with Crippen LogP contribution in [0.25, 0.3) is 0 Å². The summed E-state index contributed by atoms with van der Waals surface area (Å²) < 4.78 is 11.5. The van der Waals surface area contributed by atoms with Crippen molar-refractivity contribution in [3.8, 4) is 11.5 Å². The first-order chi connectivity index (χ1) is 12.0. The molecule has 0 fully saturated rings. The van der Waals surface area contributed by atoms with E-state index in [0.717, 1.165) is 22.6 Å². The lowest BCUT2D eigenvalue weighted by Gasteiger charge is -2.18. The van der Waals surface area contributed by atoms with Gasteiger partial charge in [-0.3, -0.25) is 4.79 Å². The molecule has 25 heavy (non-hydrogen) atoms. The van der Waals surface area contributed by atoms with Crippen molar-refractivity contribution in [2.75, 3.05) is 0 Å². The van der Waals surface area contributed by atoms with E-state index in [4.69, 9.17) is 9.47 Å². The van der Waals surface area contributed by atoms with Gasteiger partial charge in [0.25, 0.3) is 5.91 Å². The number of rotatable bonds is 8. The van der Waals surface area contributed by atoms with Crippen LogP contribution in [0.5, 0.6) is 11.5 Å². The van der Waals surface area contributed by atoms with Crippen molar-refractivity contribution < 1.29 is 14.3 Å². The molecular weight excluding hydrogens is 314 g/mol. The van der Waals surface area contributed by atoms with E-state index in [1.54, 1.807) is 0 Å². The fraction of sp³-hybridized carbons (Fsp3) is 0.381. The maximum absolute atomic E-state index is 12.4. The van der Waals surface area contributed by atoms with Gasteiger partial charge in [-0.05, 0) is 56.5 Å². The third-order valence-electron chi connectivity index (χ3n) is 3.79.